The average Bonchev–Trinajstić information content (AvgIpc) is 0.987. The summed E-state index contributed by atoms with van der Waals surface area (Å²) in [4.78, 5) is 141. The minimum absolute atomic E-state index is 0.00144. The van der Waals surface area contributed by atoms with Crippen LogP contribution in [-0.2, 0) is 114 Å². The van der Waals surface area contributed by atoms with Crippen molar-refractivity contribution in [1.82, 2.24) is 53.2 Å². The van der Waals surface area contributed by atoms with Crippen molar-refractivity contribution in [3.63, 3.8) is 0 Å². The number of methoxy groups -OCH3 is 5. The van der Waals surface area contributed by atoms with Crippen LogP contribution >= 0.6 is 11.8 Å². The molecule has 0 rings (SSSR count). The molecule has 10 N–H and O–H groups in total. The van der Waals surface area contributed by atoms with Crippen LogP contribution in [0.1, 0.15) is 321 Å². The fourth-order valence-corrected chi connectivity index (χ4v) is 10.1. The SMILES string of the molecule is CCC(=O)NCCOC.CCC(=O)NCCOCC(C)CC.CCCCCOCC(C)CC.CCCOC.CCNC(=O)CCC(=O)NCCCCCOCC(C)CC.CCNC(=O)CCSCCCOC(COCC(C)CC)COCC(C)CC.CCNC(=O)OCC(C)CC.CCOCC(C)CC.CNC(=O)OCC(COC(=O)NC)OCC(C)=O.COC(=O)NCCCCC(NC(=O)OC)C(C)=O.COC(C)=O. The average molecular weight is 2130 g/mol. The summed E-state index contributed by atoms with van der Waals surface area (Å²) in [6, 6.07) is -0.546. The van der Waals surface area contributed by atoms with Gasteiger partial charge in [0, 0.05) is 192 Å². The van der Waals surface area contributed by atoms with Gasteiger partial charge in [0.1, 0.15) is 32.0 Å². The molecule has 0 saturated heterocycles. The van der Waals surface area contributed by atoms with Gasteiger partial charge in [0.25, 0.3) is 0 Å². The zero-order valence-corrected chi connectivity index (χ0v) is 98.4. The standard InChI is InChI=1S/C21H43NO4S.C16H32N2O3.C11H20N2O5.C10H18N2O6.C10H21NO2.C10H22O.C8H17NO2.C7H16O.C6H13NO2.C4H10O.C3H6O2/c1-6-18(4)14-24-16-20(17-25-15-19(5)7-2)26-11-9-12-27-13-10-21(23)22-8-3;1-4-14(3)13-21-12-8-6-7-11-18-16(20)10-9-15(19)17-5-2;1-8(14)9(13-11(16)18-3)6-4-5-7-12-10(15)17-2;1-7(13)4-16-8(5-17-9(14)11-2)6-18-10(15)12-3;1-4-9(3)8-13-7-6-11-10(12)5-2;1-4-6-7-8-11-9-10(3)5-2;1-4-7(3)6-11-8(10)9-5-2;1-4-7(3)6-8-5-2;1-3-6(8)7-4-5-9-2;1-3-4-5-2;1-3(4)5-2/h18-20H,6-17H2,1-5H3,(H,22,23);14H,4-13H2,1-3H3,(H,17,19)(H,18,20);9H,4-7H2,1-3H3,(H,12,15)(H,13,16);8H,4-6H2,1-3H3,(H,11,14)(H,12,15);9H,4-8H2,1-3H3,(H,11,12);10H,4-9H2,1-3H3;7H,4-6H2,1-3H3,(H,9,10);7H,4-6H2,1-3H3;3-5H2,1-2H3,(H,7,8);3-4H2,1-2H3;1-2H3. The summed E-state index contributed by atoms with van der Waals surface area (Å²) in [5, 5.41) is 25.8. The quantitative estimate of drug-likeness (QED) is 0.0154. The maximum atomic E-state index is 11.5. The van der Waals surface area contributed by atoms with E-state index in [0.29, 0.717) is 154 Å². The number of rotatable bonds is 74. The Balaban J connectivity index is -0.000000157. The third kappa shape index (κ3) is 149. The smallest absolute Gasteiger partial charge is 0.407 e. The molecule has 0 aliphatic rings. The summed E-state index contributed by atoms with van der Waals surface area (Å²) >= 11 is 1.81. The van der Waals surface area contributed by atoms with Crippen molar-refractivity contribution in [2.75, 3.05) is 232 Å². The van der Waals surface area contributed by atoms with Gasteiger partial charge in [-0.05, 0) is 147 Å². The van der Waals surface area contributed by atoms with Crippen LogP contribution in [0, 0.1) is 41.4 Å². The zero-order valence-electron chi connectivity index (χ0n) is 97.6. The van der Waals surface area contributed by atoms with Crippen molar-refractivity contribution in [2.45, 2.75) is 339 Å². The molecular formula is C106H218N10O29S. The molecule has 0 aromatic heterocycles. The van der Waals surface area contributed by atoms with E-state index in [1.807, 2.05) is 41.5 Å². The molecule has 0 spiro atoms. The number of ether oxygens (including phenoxy) is 16. The largest absolute Gasteiger partial charge is 0.469 e. The zero-order chi connectivity index (χ0) is 113. The van der Waals surface area contributed by atoms with E-state index in [1.54, 1.807) is 26.0 Å². The number of ketones is 2. The second-order valence-corrected chi connectivity index (χ2v) is 35.8. The lowest BCUT2D eigenvalue weighted by Crippen LogP contribution is -2.39. The van der Waals surface area contributed by atoms with Crippen molar-refractivity contribution >= 4 is 89.3 Å². The molecule has 146 heavy (non-hydrogen) atoms. The van der Waals surface area contributed by atoms with E-state index in [-0.39, 0.29) is 91.9 Å². The van der Waals surface area contributed by atoms with Gasteiger partial charge in [-0.15, -0.1) is 0 Å². The van der Waals surface area contributed by atoms with E-state index >= 15 is 0 Å². The summed E-state index contributed by atoms with van der Waals surface area (Å²) in [7, 11) is 10.0. The second-order valence-electron chi connectivity index (χ2n) is 34.5. The van der Waals surface area contributed by atoms with Crippen molar-refractivity contribution < 1.29 is 138 Å². The van der Waals surface area contributed by atoms with Gasteiger partial charge in [0.15, 0.2) is 11.6 Å². The van der Waals surface area contributed by atoms with Gasteiger partial charge in [-0.1, -0.05) is 182 Å². The Morgan fingerprint density at radius 1 is 0.301 bits per heavy atom. The number of esters is 1. The molecular weight excluding hydrogens is 1910 g/mol. The summed E-state index contributed by atoms with van der Waals surface area (Å²) in [6.07, 6.45) is 17.8. The normalized spacial score (nSPS) is 11.9. The highest BCUT2D eigenvalue weighted by atomic mass is 32.2. The first kappa shape index (κ1) is 161. The van der Waals surface area contributed by atoms with E-state index < -0.39 is 36.5 Å². The van der Waals surface area contributed by atoms with Gasteiger partial charge >= 0.3 is 36.4 Å². The van der Waals surface area contributed by atoms with E-state index in [0.717, 1.165) is 154 Å². The van der Waals surface area contributed by atoms with Gasteiger partial charge in [0.05, 0.1) is 60.4 Å². The molecule has 0 fully saturated rings. The summed E-state index contributed by atoms with van der Waals surface area (Å²) in [6.45, 7) is 66.3. The molecule has 0 aliphatic carbocycles. The monoisotopic (exact) mass is 2130 g/mol. The highest BCUT2D eigenvalue weighted by Crippen LogP contribution is 2.12. The number of alkyl carbamates (subject to hydrolysis) is 5. The molecule has 872 valence electrons. The van der Waals surface area contributed by atoms with Crippen molar-refractivity contribution in [2.24, 2.45) is 41.4 Å². The van der Waals surface area contributed by atoms with Gasteiger partial charge in [-0.2, -0.15) is 11.8 Å². The van der Waals surface area contributed by atoms with E-state index in [1.165, 1.54) is 88.3 Å². The van der Waals surface area contributed by atoms with Crippen LogP contribution in [0.3, 0.4) is 0 Å². The number of unbranched alkanes of at least 4 members (excludes halogenated alkanes) is 5. The first-order valence-corrected chi connectivity index (χ1v) is 54.7. The molecule has 10 amide bonds. The van der Waals surface area contributed by atoms with Crippen LogP contribution in [-0.4, -0.2) is 328 Å². The molecule has 8 unspecified atom stereocenters. The topological polar surface area (TPSA) is 490 Å². The van der Waals surface area contributed by atoms with Crippen molar-refractivity contribution in [3.8, 4) is 0 Å². The maximum absolute atomic E-state index is 11.5. The Morgan fingerprint density at radius 3 is 1.07 bits per heavy atom. The number of Topliss-reactive ketones (excluding diaryl/α,β-unsaturated/α-hetero) is 2. The van der Waals surface area contributed by atoms with Gasteiger partial charge in [0.2, 0.25) is 29.5 Å². The molecule has 0 radical (unpaired) electrons. The van der Waals surface area contributed by atoms with Crippen LogP contribution in [0.2, 0.25) is 0 Å². The number of thioether (sulfide) groups is 1. The number of nitrogens with one attached hydrogen (secondary N) is 10. The third-order valence-corrected chi connectivity index (χ3v) is 21.4. The fraction of sp³-hybridized carbons (Fsp3) is 0.877. The second kappa shape index (κ2) is 132. The Morgan fingerprint density at radius 2 is 0.685 bits per heavy atom. The maximum Gasteiger partial charge on any atom is 0.407 e. The molecule has 0 aromatic rings. The molecule has 8 atom stereocenters. The number of carbonyl (C=O) groups is 13. The van der Waals surface area contributed by atoms with Gasteiger partial charge < -0.3 is 129 Å². The number of hydrogen-bond donors (Lipinski definition) is 10. The van der Waals surface area contributed by atoms with Gasteiger partial charge in [-0.3, -0.25) is 38.4 Å². The lowest BCUT2D eigenvalue weighted by Gasteiger charge is -2.20. The van der Waals surface area contributed by atoms with Gasteiger partial charge in [-0.25, -0.2) is 24.0 Å². The predicted molar refractivity (Wildman–Crippen MR) is 585 cm³/mol. The Hall–Kier alpha value is -7.54. The van der Waals surface area contributed by atoms with Crippen molar-refractivity contribution in [3.05, 3.63) is 0 Å². The Labute approximate surface area is 889 Å². The van der Waals surface area contributed by atoms with Crippen molar-refractivity contribution in [1.29, 1.82) is 0 Å². The fourth-order valence-electron chi connectivity index (χ4n) is 9.29. The molecule has 0 aliphatic heterocycles. The van der Waals surface area contributed by atoms with Crippen LogP contribution in [0.5, 0.6) is 0 Å². The molecule has 0 bridgehead atoms. The molecule has 0 saturated carbocycles. The molecule has 39 nitrogen and oxygen atoms in total. The van der Waals surface area contributed by atoms with Crippen LogP contribution in [0.25, 0.3) is 0 Å². The minimum Gasteiger partial charge on any atom is -0.469 e. The van der Waals surface area contributed by atoms with Crippen LogP contribution in [0.4, 0.5) is 24.0 Å². The van der Waals surface area contributed by atoms with Crippen LogP contribution < -0.4 is 53.2 Å². The third-order valence-electron chi connectivity index (χ3n) is 20.3. The lowest BCUT2D eigenvalue weighted by molar-refractivity contribution is -0.138. The molecule has 0 aromatic carbocycles. The first-order chi connectivity index (χ1) is 69.6. The van der Waals surface area contributed by atoms with E-state index in [9.17, 15) is 62.3 Å². The lowest BCUT2D eigenvalue weighted by atomic mass is 10.1. The Bertz CT molecular complexity index is 2880. The predicted octanol–water partition coefficient (Wildman–Crippen LogP) is 16.9. The number of amides is 10. The van der Waals surface area contributed by atoms with E-state index in [4.69, 9.17) is 61.6 Å². The minimum atomic E-state index is -0.691. The summed E-state index contributed by atoms with van der Waals surface area (Å²) < 4.78 is 81.1. The highest BCUT2D eigenvalue weighted by Gasteiger charge is 2.19. The number of hydrogen-bond acceptors (Lipinski definition) is 30. The number of carbonyl (C=O) groups excluding carboxylic acids is 13. The molecule has 40 heteroatoms. The van der Waals surface area contributed by atoms with E-state index in [2.05, 4.69) is 178 Å². The van der Waals surface area contributed by atoms with Crippen LogP contribution in [0.15, 0.2) is 0 Å². The first-order valence-electron chi connectivity index (χ1n) is 53.5. The Kier molecular flexibility index (Phi) is 145. The summed E-state index contributed by atoms with van der Waals surface area (Å²) in [5.74, 6) is 5.84. The summed E-state index contributed by atoms with van der Waals surface area (Å²) in [5.41, 5.74) is 0. The highest BCUT2D eigenvalue weighted by molar-refractivity contribution is 7.99. The molecule has 0 heterocycles.